The molecule has 1 saturated heterocycles. The summed E-state index contributed by atoms with van der Waals surface area (Å²) in [5, 5.41) is 5.74. The molecule has 9 heteroatoms. The van der Waals surface area contributed by atoms with E-state index in [-0.39, 0.29) is 18.7 Å². The molecule has 9 nitrogen and oxygen atoms in total. The lowest BCUT2D eigenvalue weighted by Crippen LogP contribution is -2.54. The van der Waals surface area contributed by atoms with Gasteiger partial charge in [-0.2, -0.15) is 0 Å². The van der Waals surface area contributed by atoms with Crippen molar-refractivity contribution >= 4 is 18.0 Å². The third kappa shape index (κ3) is 5.16. The molecule has 0 saturated carbocycles. The van der Waals surface area contributed by atoms with Crippen LogP contribution in [0.3, 0.4) is 0 Å². The summed E-state index contributed by atoms with van der Waals surface area (Å²) in [6.45, 7) is 7.41. The van der Waals surface area contributed by atoms with Crippen molar-refractivity contribution in [3.05, 3.63) is 47.2 Å². The second-order valence-electron chi connectivity index (χ2n) is 7.53. The van der Waals surface area contributed by atoms with Crippen LogP contribution in [0.1, 0.15) is 25.5 Å². The molecule has 2 N–H and O–H groups in total. The molecule has 0 radical (unpaired) electrons. The lowest BCUT2D eigenvalue weighted by Gasteiger charge is -2.39. The lowest BCUT2D eigenvalue weighted by molar-refractivity contribution is -0.139. The van der Waals surface area contributed by atoms with Gasteiger partial charge in [0, 0.05) is 52.0 Å². The van der Waals surface area contributed by atoms with Gasteiger partial charge in [0.15, 0.2) is 0 Å². The number of hydrogen-bond acceptors (Lipinski definition) is 5. The van der Waals surface area contributed by atoms with Gasteiger partial charge in [-0.1, -0.05) is 30.3 Å². The number of ether oxygens (including phenoxy) is 1. The first-order valence-electron chi connectivity index (χ1n) is 10.7. The van der Waals surface area contributed by atoms with Crippen molar-refractivity contribution in [2.45, 2.75) is 19.9 Å². The predicted molar refractivity (Wildman–Crippen MR) is 116 cm³/mol. The highest BCUT2D eigenvalue weighted by molar-refractivity contribution is 5.95. The normalized spacial score (nSPS) is 19.8. The summed E-state index contributed by atoms with van der Waals surface area (Å²) in [6, 6.07) is 8.52. The molecule has 4 amide bonds. The summed E-state index contributed by atoms with van der Waals surface area (Å²) < 4.78 is 5.36. The van der Waals surface area contributed by atoms with Crippen LogP contribution in [0.5, 0.6) is 0 Å². The molecule has 168 valence electrons. The molecule has 2 heterocycles. The number of rotatable bonds is 6. The third-order valence-corrected chi connectivity index (χ3v) is 5.57. The molecule has 1 atom stereocenters. The number of piperazine rings is 1. The smallest absolute Gasteiger partial charge is 0.338 e. The largest absolute Gasteiger partial charge is 0.463 e. The van der Waals surface area contributed by atoms with E-state index < -0.39 is 12.0 Å². The summed E-state index contributed by atoms with van der Waals surface area (Å²) in [4.78, 5) is 43.2. The average molecular weight is 430 g/mol. The fourth-order valence-corrected chi connectivity index (χ4v) is 3.88. The van der Waals surface area contributed by atoms with Gasteiger partial charge < -0.3 is 20.3 Å². The van der Waals surface area contributed by atoms with E-state index in [0.717, 1.165) is 5.56 Å². The van der Waals surface area contributed by atoms with E-state index in [0.29, 0.717) is 50.5 Å². The molecule has 1 fully saturated rings. The van der Waals surface area contributed by atoms with Gasteiger partial charge >= 0.3 is 18.0 Å². The first kappa shape index (κ1) is 22.6. The van der Waals surface area contributed by atoms with Crippen LogP contribution in [0, 0.1) is 0 Å². The Morgan fingerprint density at radius 2 is 1.81 bits per heavy atom. The zero-order chi connectivity index (χ0) is 22.4. The molecular weight excluding hydrogens is 398 g/mol. The van der Waals surface area contributed by atoms with Gasteiger partial charge in [0.2, 0.25) is 0 Å². The van der Waals surface area contributed by atoms with Crippen LogP contribution < -0.4 is 10.6 Å². The number of esters is 1. The number of benzene rings is 1. The van der Waals surface area contributed by atoms with Crippen LogP contribution in [0.4, 0.5) is 9.59 Å². The van der Waals surface area contributed by atoms with Crippen LogP contribution in [-0.4, -0.2) is 85.7 Å². The molecule has 3 rings (SSSR count). The number of amides is 4. The monoisotopic (exact) mass is 429 g/mol. The quantitative estimate of drug-likeness (QED) is 0.669. The van der Waals surface area contributed by atoms with Gasteiger partial charge in [0.25, 0.3) is 0 Å². The molecule has 31 heavy (non-hydrogen) atoms. The molecule has 2 aliphatic rings. The van der Waals surface area contributed by atoms with E-state index in [1.54, 1.807) is 18.9 Å². The Morgan fingerprint density at radius 1 is 1.13 bits per heavy atom. The summed E-state index contributed by atoms with van der Waals surface area (Å²) in [5.41, 5.74) is 1.90. The van der Waals surface area contributed by atoms with Crippen molar-refractivity contribution < 1.29 is 19.1 Å². The Morgan fingerprint density at radius 3 is 2.42 bits per heavy atom. The fraction of sp³-hybridized carbons (Fsp3) is 0.500. The zero-order valence-electron chi connectivity index (χ0n) is 18.4. The lowest BCUT2D eigenvalue weighted by atomic mass is 9.94. The molecule has 1 aromatic rings. The summed E-state index contributed by atoms with van der Waals surface area (Å²) >= 11 is 0. The maximum atomic E-state index is 13.0. The number of nitrogens with one attached hydrogen (secondary N) is 2. The first-order chi connectivity index (χ1) is 15.0. The number of hydrogen-bond donors (Lipinski definition) is 2. The summed E-state index contributed by atoms with van der Waals surface area (Å²) in [5.74, 6) is -0.431. The minimum absolute atomic E-state index is 0.0631. The molecule has 0 bridgehead atoms. The maximum absolute atomic E-state index is 13.0. The minimum Gasteiger partial charge on any atom is -0.463 e. The van der Waals surface area contributed by atoms with Crippen LogP contribution >= 0.6 is 0 Å². The molecule has 0 spiro atoms. The second kappa shape index (κ2) is 10.3. The van der Waals surface area contributed by atoms with Gasteiger partial charge in [-0.25, -0.2) is 14.4 Å². The Kier molecular flexibility index (Phi) is 7.51. The molecule has 0 aromatic heterocycles. The molecular formula is C22H31N5O4. The van der Waals surface area contributed by atoms with E-state index in [4.69, 9.17) is 4.74 Å². The number of carbonyl (C=O) groups is 3. The Hall–Kier alpha value is -3.07. The highest BCUT2D eigenvalue weighted by Crippen LogP contribution is 2.31. The average Bonchev–Trinajstić information content (AvgIpc) is 2.78. The fourth-order valence-electron chi connectivity index (χ4n) is 3.88. The molecule has 1 aromatic carbocycles. The third-order valence-electron chi connectivity index (χ3n) is 5.57. The number of likely N-dealkylation sites (N-methyl/N-ethyl adjacent to an activating group) is 1. The predicted octanol–water partition coefficient (Wildman–Crippen LogP) is 1.55. The van der Waals surface area contributed by atoms with Gasteiger partial charge in [0.1, 0.15) is 0 Å². The first-order valence-corrected chi connectivity index (χ1v) is 10.7. The van der Waals surface area contributed by atoms with Gasteiger partial charge in [-0.05, 0) is 19.4 Å². The van der Waals surface area contributed by atoms with Crippen LogP contribution in [0.25, 0.3) is 0 Å². The number of nitrogens with zero attached hydrogens (tertiary/aromatic N) is 3. The van der Waals surface area contributed by atoms with Crippen molar-refractivity contribution in [3.8, 4) is 0 Å². The summed E-state index contributed by atoms with van der Waals surface area (Å²) in [6.07, 6.45) is 0. The molecule has 0 aliphatic carbocycles. The van der Waals surface area contributed by atoms with E-state index in [1.807, 2.05) is 37.3 Å². The molecule has 1 unspecified atom stereocenters. The number of carbonyl (C=O) groups excluding carboxylic acids is 3. The van der Waals surface area contributed by atoms with Crippen LogP contribution in [0.2, 0.25) is 0 Å². The maximum Gasteiger partial charge on any atom is 0.338 e. The van der Waals surface area contributed by atoms with Crippen LogP contribution in [-0.2, 0) is 9.53 Å². The van der Waals surface area contributed by atoms with E-state index >= 15 is 0 Å². The Balaban J connectivity index is 1.87. The number of urea groups is 2. The van der Waals surface area contributed by atoms with Gasteiger partial charge in [-0.3, -0.25) is 9.80 Å². The topological polar surface area (TPSA) is 94.2 Å². The summed E-state index contributed by atoms with van der Waals surface area (Å²) in [7, 11) is 1.66. The van der Waals surface area contributed by atoms with E-state index in [2.05, 4.69) is 15.5 Å². The highest BCUT2D eigenvalue weighted by Gasteiger charge is 2.37. The van der Waals surface area contributed by atoms with E-state index in [1.165, 1.54) is 4.90 Å². The Labute approximate surface area is 183 Å². The van der Waals surface area contributed by atoms with Crippen molar-refractivity contribution in [2.75, 3.05) is 52.9 Å². The van der Waals surface area contributed by atoms with Crippen molar-refractivity contribution in [1.29, 1.82) is 0 Å². The van der Waals surface area contributed by atoms with Crippen molar-refractivity contribution in [3.63, 3.8) is 0 Å². The van der Waals surface area contributed by atoms with E-state index in [9.17, 15) is 14.4 Å². The Bertz CT molecular complexity index is 834. The SMILES string of the molecule is CCNC(=O)N1CCN(CC2=C(C(=O)OCC)C(c3ccccc3)NC(=O)N2C)CC1. The molecule has 2 aliphatic heterocycles. The van der Waals surface area contributed by atoms with Crippen molar-refractivity contribution in [2.24, 2.45) is 0 Å². The second-order valence-corrected chi connectivity index (χ2v) is 7.53. The minimum atomic E-state index is -0.574. The van der Waals surface area contributed by atoms with Gasteiger partial charge in [-0.15, -0.1) is 0 Å². The highest BCUT2D eigenvalue weighted by atomic mass is 16.5. The standard InChI is InChI=1S/C22H31N5O4/c1-4-23-21(29)27-13-11-26(12-14-27)15-17-18(20(28)31-5-2)19(24-22(30)25(17)3)16-9-7-6-8-10-16/h6-10,19H,4-5,11-15H2,1-3H3,(H,23,29)(H,24,30). The van der Waals surface area contributed by atoms with Crippen molar-refractivity contribution in [1.82, 2.24) is 25.3 Å². The zero-order valence-corrected chi connectivity index (χ0v) is 18.4. The van der Waals surface area contributed by atoms with Crippen LogP contribution in [0.15, 0.2) is 41.6 Å². The van der Waals surface area contributed by atoms with Gasteiger partial charge in [0.05, 0.1) is 18.2 Å².